The highest BCUT2D eigenvalue weighted by molar-refractivity contribution is 5.86. The van der Waals surface area contributed by atoms with Crippen LogP contribution in [0.3, 0.4) is 0 Å². The molecule has 0 aromatic rings. The van der Waals surface area contributed by atoms with Gasteiger partial charge < -0.3 is 15.8 Å². The van der Waals surface area contributed by atoms with Crippen LogP contribution in [0.25, 0.3) is 0 Å². The average Bonchev–Trinajstić information content (AvgIpc) is 2.48. The number of piperidine rings is 2. The summed E-state index contributed by atoms with van der Waals surface area (Å²) in [4.78, 5) is 26.2. The molecule has 2 fully saturated rings. The number of nitrogens with two attached hydrogens (primary N) is 1. The highest BCUT2D eigenvalue weighted by Gasteiger charge is 2.46. The Morgan fingerprint density at radius 1 is 1.30 bits per heavy atom. The smallest absolute Gasteiger partial charge is 0.313 e. The summed E-state index contributed by atoms with van der Waals surface area (Å²) in [6.45, 7) is 5.76. The van der Waals surface area contributed by atoms with E-state index in [-0.39, 0.29) is 37.2 Å². The molecule has 0 bridgehead atoms. The second kappa shape index (κ2) is 10.3. The SMILES string of the molecule is CCOC(=O)C1(CC(N)=O)CCCN(C2CCNCC2)C1.Cl.Cl. The van der Waals surface area contributed by atoms with Crippen molar-refractivity contribution < 1.29 is 14.3 Å². The van der Waals surface area contributed by atoms with Crippen LogP contribution in [0.2, 0.25) is 0 Å². The number of rotatable bonds is 5. The van der Waals surface area contributed by atoms with E-state index in [2.05, 4.69) is 10.2 Å². The summed E-state index contributed by atoms with van der Waals surface area (Å²) in [6, 6.07) is 0.494. The molecule has 0 aliphatic carbocycles. The summed E-state index contributed by atoms with van der Waals surface area (Å²) >= 11 is 0. The van der Waals surface area contributed by atoms with Gasteiger partial charge in [0.1, 0.15) is 0 Å². The van der Waals surface area contributed by atoms with E-state index in [1.165, 1.54) is 0 Å². The molecule has 2 saturated heterocycles. The van der Waals surface area contributed by atoms with Crippen molar-refractivity contribution >= 4 is 36.7 Å². The first kappa shape index (κ1) is 22.4. The van der Waals surface area contributed by atoms with E-state index < -0.39 is 11.3 Å². The van der Waals surface area contributed by atoms with Crippen LogP contribution >= 0.6 is 24.8 Å². The van der Waals surface area contributed by atoms with E-state index >= 15 is 0 Å². The zero-order valence-corrected chi connectivity index (χ0v) is 15.3. The number of hydrogen-bond donors (Lipinski definition) is 2. The monoisotopic (exact) mass is 369 g/mol. The first-order valence-corrected chi connectivity index (χ1v) is 7.98. The Labute approximate surface area is 150 Å². The summed E-state index contributed by atoms with van der Waals surface area (Å²) < 4.78 is 5.24. The fourth-order valence-corrected chi connectivity index (χ4v) is 3.65. The number of nitrogens with zero attached hydrogens (tertiary/aromatic N) is 1. The fraction of sp³-hybridized carbons (Fsp3) is 0.867. The van der Waals surface area contributed by atoms with Gasteiger partial charge in [0.05, 0.1) is 12.0 Å². The van der Waals surface area contributed by atoms with E-state index in [1.807, 2.05) is 0 Å². The molecule has 1 unspecified atom stereocenters. The molecular formula is C15H29Cl2N3O3. The largest absolute Gasteiger partial charge is 0.466 e. The van der Waals surface area contributed by atoms with Gasteiger partial charge in [-0.05, 0) is 52.2 Å². The van der Waals surface area contributed by atoms with Gasteiger partial charge in [-0.25, -0.2) is 0 Å². The molecule has 0 spiro atoms. The predicted octanol–water partition coefficient (Wildman–Crippen LogP) is 1.10. The molecule has 23 heavy (non-hydrogen) atoms. The molecule has 8 heteroatoms. The zero-order chi connectivity index (χ0) is 15.3. The molecule has 2 heterocycles. The Morgan fingerprint density at radius 3 is 2.52 bits per heavy atom. The Bertz CT molecular complexity index is 392. The second-order valence-electron chi connectivity index (χ2n) is 6.20. The van der Waals surface area contributed by atoms with E-state index in [0.29, 0.717) is 25.6 Å². The van der Waals surface area contributed by atoms with Gasteiger partial charge in [-0.15, -0.1) is 24.8 Å². The standard InChI is InChI=1S/C15H27N3O3.2ClH/c1-2-21-14(20)15(10-13(16)19)6-3-9-18(11-15)12-4-7-17-8-5-12;;/h12,17H,2-11H2,1H3,(H2,16,19);2*1H. The van der Waals surface area contributed by atoms with Crippen LogP contribution in [0.1, 0.15) is 39.0 Å². The van der Waals surface area contributed by atoms with Gasteiger partial charge in [-0.3, -0.25) is 14.5 Å². The molecule has 0 radical (unpaired) electrons. The fourth-order valence-electron chi connectivity index (χ4n) is 3.65. The van der Waals surface area contributed by atoms with Crippen LogP contribution in [-0.2, 0) is 14.3 Å². The highest BCUT2D eigenvalue weighted by atomic mass is 35.5. The van der Waals surface area contributed by atoms with Gasteiger partial charge in [0.2, 0.25) is 5.91 Å². The van der Waals surface area contributed by atoms with Gasteiger partial charge in [0.25, 0.3) is 0 Å². The molecule has 2 aliphatic heterocycles. The molecule has 1 amide bonds. The summed E-state index contributed by atoms with van der Waals surface area (Å²) in [5.41, 5.74) is 4.65. The normalized spacial score (nSPS) is 25.8. The quantitative estimate of drug-likeness (QED) is 0.708. The number of carbonyl (C=O) groups excluding carboxylic acids is 2. The Balaban J connectivity index is 0.00000242. The van der Waals surface area contributed by atoms with E-state index in [1.54, 1.807) is 6.92 Å². The van der Waals surface area contributed by atoms with Crippen molar-refractivity contribution in [2.24, 2.45) is 11.1 Å². The van der Waals surface area contributed by atoms with Gasteiger partial charge in [-0.1, -0.05) is 0 Å². The lowest BCUT2D eigenvalue weighted by atomic mass is 9.76. The molecule has 2 aliphatic rings. The highest BCUT2D eigenvalue weighted by Crippen LogP contribution is 2.36. The summed E-state index contributed by atoms with van der Waals surface area (Å²) in [6.07, 6.45) is 3.88. The molecule has 136 valence electrons. The predicted molar refractivity (Wildman–Crippen MR) is 94.1 cm³/mol. The van der Waals surface area contributed by atoms with Crippen molar-refractivity contribution in [2.45, 2.75) is 45.1 Å². The van der Waals surface area contributed by atoms with Gasteiger partial charge in [-0.2, -0.15) is 0 Å². The summed E-state index contributed by atoms with van der Waals surface area (Å²) in [7, 11) is 0. The Kier molecular flexibility index (Phi) is 10.1. The number of carbonyl (C=O) groups is 2. The van der Waals surface area contributed by atoms with Crippen LogP contribution in [-0.4, -0.2) is 55.6 Å². The summed E-state index contributed by atoms with van der Waals surface area (Å²) in [5.74, 6) is -0.683. The molecule has 0 saturated carbocycles. The third kappa shape index (κ3) is 5.78. The van der Waals surface area contributed by atoms with Gasteiger partial charge in [0.15, 0.2) is 0 Å². The first-order valence-electron chi connectivity index (χ1n) is 7.98. The number of halogens is 2. The Hall–Kier alpha value is -0.560. The Morgan fingerprint density at radius 2 is 1.96 bits per heavy atom. The van der Waals surface area contributed by atoms with Crippen molar-refractivity contribution in [3.8, 4) is 0 Å². The van der Waals surface area contributed by atoms with Crippen molar-refractivity contribution in [3.63, 3.8) is 0 Å². The number of nitrogens with one attached hydrogen (secondary N) is 1. The minimum Gasteiger partial charge on any atom is -0.466 e. The molecule has 1 atom stereocenters. The van der Waals surface area contributed by atoms with Crippen LogP contribution in [0.15, 0.2) is 0 Å². The summed E-state index contributed by atoms with van der Waals surface area (Å²) in [5, 5.41) is 3.36. The number of esters is 1. The second-order valence-corrected chi connectivity index (χ2v) is 6.20. The minimum absolute atomic E-state index is 0. The number of likely N-dealkylation sites (tertiary alicyclic amines) is 1. The first-order chi connectivity index (χ1) is 10.1. The van der Waals surface area contributed by atoms with Crippen molar-refractivity contribution in [3.05, 3.63) is 0 Å². The maximum absolute atomic E-state index is 12.4. The van der Waals surface area contributed by atoms with Crippen molar-refractivity contribution in [1.82, 2.24) is 10.2 Å². The van der Waals surface area contributed by atoms with Crippen LogP contribution in [0, 0.1) is 5.41 Å². The van der Waals surface area contributed by atoms with E-state index in [0.717, 1.165) is 38.9 Å². The van der Waals surface area contributed by atoms with Crippen LogP contribution in [0.4, 0.5) is 0 Å². The van der Waals surface area contributed by atoms with Crippen LogP contribution < -0.4 is 11.1 Å². The molecule has 0 aromatic carbocycles. The van der Waals surface area contributed by atoms with E-state index in [4.69, 9.17) is 10.5 Å². The average molecular weight is 370 g/mol. The lowest BCUT2D eigenvalue weighted by Crippen LogP contribution is -2.54. The van der Waals surface area contributed by atoms with E-state index in [9.17, 15) is 9.59 Å². The molecule has 2 rings (SSSR count). The number of amides is 1. The maximum Gasteiger partial charge on any atom is 0.313 e. The number of primary amides is 1. The third-order valence-corrected chi connectivity index (χ3v) is 4.65. The molecule has 3 N–H and O–H groups in total. The van der Waals surface area contributed by atoms with Gasteiger partial charge in [0, 0.05) is 19.0 Å². The topological polar surface area (TPSA) is 84.7 Å². The maximum atomic E-state index is 12.4. The van der Waals surface area contributed by atoms with Crippen LogP contribution in [0.5, 0.6) is 0 Å². The minimum atomic E-state index is -0.745. The lowest BCUT2D eigenvalue weighted by Gasteiger charge is -2.44. The van der Waals surface area contributed by atoms with Crippen molar-refractivity contribution in [1.29, 1.82) is 0 Å². The molecular weight excluding hydrogens is 341 g/mol. The third-order valence-electron chi connectivity index (χ3n) is 4.65. The molecule has 0 aromatic heterocycles. The number of hydrogen-bond acceptors (Lipinski definition) is 5. The van der Waals surface area contributed by atoms with Gasteiger partial charge >= 0.3 is 5.97 Å². The lowest BCUT2D eigenvalue weighted by molar-refractivity contribution is -0.162. The number of ether oxygens (including phenoxy) is 1. The van der Waals surface area contributed by atoms with Crippen molar-refractivity contribution in [2.75, 3.05) is 32.8 Å². The zero-order valence-electron chi connectivity index (χ0n) is 13.7. The molecule has 6 nitrogen and oxygen atoms in total.